The molecule has 1 aliphatic rings. The molecule has 1 unspecified atom stereocenters. The fourth-order valence-electron chi connectivity index (χ4n) is 4.86. The van der Waals surface area contributed by atoms with E-state index in [1.165, 1.54) is 0 Å². The lowest BCUT2D eigenvalue weighted by atomic mass is 9.92. The zero-order chi connectivity index (χ0) is 29.6. The first-order valence-electron chi connectivity index (χ1n) is 14.2. The fourth-order valence-corrected chi connectivity index (χ4v) is 8.44. The molecule has 1 fully saturated rings. The van der Waals surface area contributed by atoms with E-state index < -0.39 is 5.97 Å². The Bertz CT molecular complexity index is 1390. The third-order valence-corrected chi connectivity index (χ3v) is 10.7. The molecule has 0 radical (unpaired) electrons. The van der Waals surface area contributed by atoms with Gasteiger partial charge in [0.05, 0.1) is 6.61 Å². The summed E-state index contributed by atoms with van der Waals surface area (Å²) in [6, 6.07) is 21.0. The lowest BCUT2D eigenvalue weighted by Crippen LogP contribution is -2.22. The molecule has 0 aliphatic carbocycles. The van der Waals surface area contributed by atoms with Crippen LogP contribution in [0.1, 0.15) is 87.9 Å². The van der Waals surface area contributed by atoms with E-state index in [2.05, 4.69) is 6.07 Å². The Balaban J connectivity index is 1.44. The van der Waals surface area contributed by atoms with E-state index in [9.17, 15) is 14.4 Å². The zero-order valence-corrected chi connectivity index (χ0v) is 25.2. The molecule has 3 aromatic carbocycles. The number of carboxylic acids is 1. The number of rotatable bonds is 16. The number of hydrogen-bond acceptors (Lipinski definition) is 6. The second-order valence-electron chi connectivity index (χ2n) is 10.4. The van der Waals surface area contributed by atoms with Crippen LogP contribution in [0.4, 0.5) is 0 Å². The highest BCUT2D eigenvalue weighted by Gasteiger charge is 2.34. The molecule has 4 rings (SSSR count). The van der Waals surface area contributed by atoms with Gasteiger partial charge in [-0.05, 0) is 54.9 Å². The van der Waals surface area contributed by atoms with Gasteiger partial charge in [0.15, 0.2) is 0 Å². The number of carboxylic acid groups (broad SMARTS) is 1. The predicted molar refractivity (Wildman–Crippen MR) is 176 cm³/mol. The molecule has 7 heteroatoms. The summed E-state index contributed by atoms with van der Waals surface area (Å²) in [5.41, 5.74) is 5.27. The van der Waals surface area contributed by atoms with Crippen molar-refractivity contribution >= 4 is 64.4 Å². The molecule has 0 amide bonds. The molecule has 0 spiro atoms. The third kappa shape index (κ3) is 9.78. The van der Waals surface area contributed by atoms with Gasteiger partial charge < -0.3 is 9.84 Å². The smallest absolute Gasteiger partial charge is 0.303 e. The SMILES string of the molecule is O=Cc1ccc(C=Cc2ccc(C=Cc3ccc(C=O)cc3)c(OCCCC3(CCCCC(=O)O)CCSS3)c2)cc1. The van der Waals surface area contributed by atoms with Gasteiger partial charge in [0.2, 0.25) is 0 Å². The molecule has 0 bridgehead atoms. The Morgan fingerprint density at radius 3 is 1.93 bits per heavy atom. The molecule has 3 aromatic rings. The van der Waals surface area contributed by atoms with E-state index in [0.29, 0.717) is 17.7 Å². The first kappa shape index (κ1) is 31.4. The summed E-state index contributed by atoms with van der Waals surface area (Å²) in [5.74, 6) is 1.22. The van der Waals surface area contributed by atoms with Gasteiger partial charge >= 0.3 is 5.97 Å². The number of carbonyl (C=O) groups is 3. The molecule has 42 heavy (non-hydrogen) atoms. The van der Waals surface area contributed by atoms with Crippen molar-refractivity contribution in [3.05, 3.63) is 100 Å². The van der Waals surface area contributed by atoms with Crippen molar-refractivity contribution in [2.45, 2.75) is 49.7 Å². The maximum absolute atomic E-state index is 11.0. The van der Waals surface area contributed by atoms with Gasteiger partial charge in [-0.1, -0.05) is 113 Å². The monoisotopic (exact) mass is 600 g/mol. The highest BCUT2D eigenvalue weighted by molar-refractivity contribution is 8.77. The number of unbranched alkanes of at least 4 members (excludes halogenated alkanes) is 1. The van der Waals surface area contributed by atoms with Crippen LogP contribution in [0.2, 0.25) is 0 Å². The Morgan fingerprint density at radius 2 is 1.33 bits per heavy atom. The van der Waals surface area contributed by atoms with Crippen LogP contribution in [0, 0.1) is 0 Å². The number of carbonyl (C=O) groups excluding carboxylic acids is 2. The molecule has 1 atom stereocenters. The molecule has 1 aliphatic heterocycles. The van der Waals surface area contributed by atoms with Crippen LogP contribution in [-0.2, 0) is 4.79 Å². The van der Waals surface area contributed by atoms with Crippen molar-refractivity contribution in [3.63, 3.8) is 0 Å². The molecule has 0 aromatic heterocycles. The minimum absolute atomic E-state index is 0.201. The van der Waals surface area contributed by atoms with Gasteiger partial charge in [-0.3, -0.25) is 14.4 Å². The van der Waals surface area contributed by atoms with E-state index in [1.807, 2.05) is 82.3 Å². The van der Waals surface area contributed by atoms with Crippen molar-refractivity contribution in [2.75, 3.05) is 12.4 Å². The van der Waals surface area contributed by atoms with Gasteiger partial charge in [-0.2, -0.15) is 0 Å². The summed E-state index contributed by atoms with van der Waals surface area (Å²) in [6.45, 7) is 0.595. The van der Waals surface area contributed by atoms with E-state index >= 15 is 0 Å². The molecule has 5 nitrogen and oxygen atoms in total. The summed E-state index contributed by atoms with van der Waals surface area (Å²) in [6.07, 6.45) is 15.8. The average molecular weight is 601 g/mol. The summed E-state index contributed by atoms with van der Waals surface area (Å²) in [4.78, 5) is 32.8. The minimum Gasteiger partial charge on any atom is -0.493 e. The minimum atomic E-state index is -0.721. The summed E-state index contributed by atoms with van der Waals surface area (Å²) in [7, 11) is 3.89. The van der Waals surface area contributed by atoms with E-state index in [1.54, 1.807) is 24.3 Å². The highest BCUT2D eigenvalue weighted by atomic mass is 33.1. The molecule has 1 heterocycles. The van der Waals surface area contributed by atoms with E-state index in [-0.39, 0.29) is 11.2 Å². The van der Waals surface area contributed by atoms with Gasteiger partial charge in [0.1, 0.15) is 18.3 Å². The topological polar surface area (TPSA) is 80.7 Å². The number of aliphatic carboxylic acids is 1. The molecule has 0 saturated carbocycles. The van der Waals surface area contributed by atoms with Gasteiger partial charge in [-0.15, -0.1) is 0 Å². The number of ether oxygens (including phenoxy) is 1. The lowest BCUT2D eigenvalue weighted by molar-refractivity contribution is -0.137. The number of hydrogen-bond donors (Lipinski definition) is 1. The quantitative estimate of drug-likeness (QED) is 0.0760. The second-order valence-corrected chi connectivity index (χ2v) is 13.3. The largest absolute Gasteiger partial charge is 0.493 e. The van der Waals surface area contributed by atoms with Crippen LogP contribution < -0.4 is 4.74 Å². The summed E-state index contributed by atoms with van der Waals surface area (Å²) < 4.78 is 6.58. The van der Waals surface area contributed by atoms with E-state index in [4.69, 9.17) is 9.84 Å². The van der Waals surface area contributed by atoms with Gasteiger partial charge in [0, 0.05) is 33.6 Å². The standard InChI is InChI=1S/C35H36O5S2/c36-25-30-11-6-27(7-12-30)5-10-29-16-18-32(17-15-28-8-13-31(26-37)14-9-28)33(24-29)40-22-3-20-35(21-23-41-42-35)19-2-1-4-34(38)39/h5-18,24-26H,1-4,19-23H2,(H,38,39). The summed E-state index contributed by atoms with van der Waals surface area (Å²) >= 11 is 0. The number of aldehydes is 2. The average Bonchev–Trinajstić information content (AvgIpc) is 3.49. The van der Waals surface area contributed by atoms with Crippen LogP contribution >= 0.6 is 21.6 Å². The maximum atomic E-state index is 11.0. The zero-order valence-electron chi connectivity index (χ0n) is 23.6. The lowest BCUT2D eigenvalue weighted by Gasteiger charge is -2.27. The van der Waals surface area contributed by atoms with Crippen LogP contribution in [0.5, 0.6) is 5.75 Å². The van der Waals surface area contributed by atoms with Crippen LogP contribution in [0.3, 0.4) is 0 Å². The fraction of sp³-hybridized carbons (Fsp3) is 0.286. The maximum Gasteiger partial charge on any atom is 0.303 e. The summed E-state index contributed by atoms with van der Waals surface area (Å²) in [5, 5.41) is 8.97. The normalized spacial score (nSPS) is 16.7. The van der Waals surface area contributed by atoms with Crippen molar-refractivity contribution in [2.24, 2.45) is 0 Å². The molecule has 218 valence electrons. The molecule has 1 N–H and O–H groups in total. The molecule has 1 saturated heterocycles. The van der Waals surface area contributed by atoms with Crippen molar-refractivity contribution in [3.8, 4) is 5.75 Å². The number of benzene rings is 3. The molecular formula is C35H36O5S2. The third-order valence-electron chi connectivity index (χ3n) is 7.29. The van der Waals surface area contributed by atoms with Crippen LogP contribution in [0.15, 0.2) is 66.7 Å². The Labute approximate surface area is 255 Å². The Hall–Kier alpha value is -3.55. The van der Waals surface area contributed by atoms with Gasteiger partial charge in [-0.25, -0.2) is 0 Å². The van der Waals surface area contributed by atoms with Gasteiger partial charge in [0.25, 0.3) is 0 Å². The van der Waals surface area contributed by atoms with Crippen molar-refractivity contribution < 1.29 is 24.2 Å². The second kappa shape index (κ2) is 16.2. The molecular weight excluding hydrogens is 565 g/mol. The highest BCUT2D eigenvalue weighted by Crippen LogP contribution is 2.52. The van der Waals surface area contributed by atoms with E-state index in [0.717, 1.165) is 84.9 Å². The van der Waals surface area contributed by atoms with Crippen molar-refractivity contribution in [1.82, 2.24) is 0 Å². The van der Waals surface area contributed by atoms with Crippen LogP contribution in [0.25, 0.3) is 24.3 Å². The predicted octanol–water partition coefficient (Wildman–Crippen LogP) is 8.98. The first-order valence-corrected chi connectivity index (χ1v) is 16.6. The Morgan fingerprint density at radius 1 is 0.762 bits per heavy atom. The van der Waals surface area contributed by atoms with Crippen LogP contribution in [-0.4, -0.2) is 40.8 Å². The van der Waals surface area contributed by atoms with Crippen molar-refractivity contribution in [1.29, 1.82) is 0 Å². The Kier molecular flexibility index (Phi) is 12.1. The first-order chi connectivity index (χ1) is 20.5.